The molecule has 0 bridgehead atoms. The van der Waals surface area contributed by atoms with Crippen LogP contribution in [0.3, 0.4) is 0 Å². The van der Waals surface area contributed by atoms with Crippen molar-refractivity contribution in [2.24, 2.45) is 5.92 Å². The molecule has 1 aliphatic heterocycles. The number of hydrogen-bond acceptors (Lipinski definition) is 5. The fraction of sp³-hybridized carbons (Fsp3) is 0.333. The normalized spacial score (nSPS) is 14.5. The lowest BCUT2D eigenvalue weighted by molar-refractivity contribution is 0.0734. The van der Waals surface area contributed by atoms with Crippen molar-refractivity contribution in [2.45, 2.75) is 32.9 Å². The molecule has 2 N–H and O–H groups in total. The number of amides is 2. The SMILES string of the molecule is COc1ccc(CCNC(=O)c2ccc(NC3c4ccccc4C(=O)N3CCC(C)C)cc2)cc1OC. The Balaban J connectivity index is 1.37. The third-order valence-corrected chi connectivity index (χ3v) is 6.60. The molecule has 0 fully saturated rings. The molecule has 1 atom stereocenters. The number of hydrogen-bond donors (Lipinski definition) is 2. The van der Waals surface area contributed by atoms with Gasteiger partial charge in [0.25, 0.3) is 11.8 Å². The van der Waals surface area contributed by atoms with Crippen molar-refractivity contribution >= 4 is 17.5 Å². The number of nitrogens with one attached hydrogen (secondary N) is 2. The Morgan fingerprint density at radius 1 is 0.973 bits per heavy atom. The predicted octanol–water partition coefficient (Wildman–Crippen LogP) is 5.29. The molecular weight excluding hydrogens is 466 g/mol. The Kier molecular flexibility index (Phi) is 8.33. The van der Waals surface area contributed by atoms with Crippen LogP contribution < -0.4 is 20.1 Å². The van der Waals surface area contributed by atoms with E-state index in [0.29, 0.717) is 42.5 Å². The lowest BCUT2D eigenvalue weighted by atomic mass is 10.1. The molecule has 3 aromatic rings. The van der Waals surface area contributed by atoms with Crippen LogP contribution in [0.4, 0.5) is 5.69 Å². The number of anilines is 1. The van der Waals surface area contributed by atoms with Crippen molar-refractivity contribution in [3.8, 4) is 11.5 Å². The minimum absolute atomic E-state index is 0.0548. The zero-order valence-corrected chi connectivity index (χ0v) is 21.9. The first kappa shape index (κ1) is 26.1. The highest BCUT2D eigenvalue weighted by Crippen LogP contribution is 2.35. The zero-order valence-electron chi connectivity index (χ0n) is 21.9. The van der Waals surface area contributed by atoms with Gasteiger partial charge in [-0.15, -0.1) is 0 Å². The number of benzene rings is 3. The van der Waals surface area contributed by atoms with Crippen molar-refractivity contribution in [3.05, 3.63) is 89.0 Å². The quantitative estimate of drug-likeness (QED) is 0.373. The summed E-state index contributed by atoms with van der Waals surface area (Å²) in [5.74, 6) is 1.77. The summed E-state index contributed by atoms with van der Waals surface area (Å²) in [5.41, 5.74) is 4.21. The van der Waals surface area contributed by atoms with Crippen molar-refractivity contribution in [1.29, 1.82) is 0 Å². The fourth-order valence-corrected chi connectivity index (χ4v) is 4.49. The van der Waals surface area contributed by atoms with Crippen molar-refractivity contribution in [3.63, 3.8) is 0 Å². The van der Waals surface area contributed by atoms with E-state index in [4.69, 9.17) is 9.47 Å². The molecule has 0 spiro atoms. The van der Waals surface area contributed by atoms with E-state index in [1.54, 1.807) is 26.4 Å². The number of rotatable bonds is 11. The van der Waals surface area contributed by atoms with Crippen LogP contribution in [0, 0.1) is 5.92 Å². The monoisotopic (exact) mass is 501 g/mol. The highest BCUT2D eigenvalue weighted by molar-refractivity contribution is 5.99. The van der Waals surface area contributed by atoms with Gasteiger partial charge in [-0.3, -0.25) is 9.59 Å². The molecular formula is C30H35N3O4. The second kappa shape index (κ2) is 11.8. The van der Waals surface area contributed by atoms with Crippen LogP contribution >= 0.6 is 0 Å². The molecule has 2 amide bonds. The maximum Gasteiger partial charge on any atom is 0.256 e. The average molecular weight is 502 g/mol. The molecule has 7 nitrogen and oxygen atoms in total. The third-order valence-electron chi connectivity index (χ3n) is 6.60. The molecule has 1 unspecified atom stereocenters. The van der Waals surface area contributed by atoms with Crippen LogP contribution in [0.15, 0.2) is 66.7 Å². The highest BCUT2D eigenvalue weighted by atomic mass is 16.5. The summed E-state index contributed by atoms with van der Waals surface area (Å²) in [6.07, 6.45) is 1.37. The number of ether oxygens (including phenoxy) is 2. The smallest absolute Gasteiger partial charge is 0.256 e. The Morgan fingerprint density at radius 2 is 1.70 bits per heavy atom. The summed E-state index contributed by atoms with van der Waals surface area (Å²) in [6.45, 7) is 5.50. The first-order chi connectivity index (χ1) is 17.9. The zero-order chi connectivity index (χ0) is 26.4. The van der Waals surface area contributed by atoms with Gasteiger partial charge in [0.1, 0.15) is 6.17 Å². The van der Waals surface area contributed by atoms with Crippen molar-refractivity contribution in [2.75, 3.05) is 32.6 Å². The number of nitrogens with zero attached hydrogens (tertiary/aromatic N) is 1. The number of carbonyl (C=O) groups is 2. The van der Waals surface area contributed by atoms with E-state index in [1.165, 1.54) is 0 Å². The third kappa shape index (κ3) is 6.05. The number of carbonyl (C=O) groups excluding carboxylic acids is 2. The molecule has 3 aromatic carbocycles. The van der Waals surface area contributed by atoms with E-state index in [0.717, 1.165) is 28.8 Å². The van der Waals surface area contributed by atoms with Crippen molar-refractivity contribution < 1.29 is 19.1 Å². The van der Waals surface area contributed by atoms with Gasteiger partial charge >= 0.3 is 0 Å². The molecule has 0 radical (unpaired) electrons. The van der Waals surface area contributed by atoms with Gasteiger partial charge in [0.15, 0.2) is 11.5 Å². The van der Waals surface area contributed by atoms with Crippen molar-refractivity contribution in [1.82, 2.24) is 10.2 Å². The van der Waals surface area contributed by atoms with Crippen LogP contribution in [0.5, 0.6) is 11.5 Å². The molecule has 0 aliphatic carbocycles. The topological polar surface area (TPSA) is 79.9 Å². The molecule has 4 rings (SSSR count). The molecule has 1 heterocycles. The highest BCUT2D eigenvalue weighted by Gasteiger charge is 2.36. The van der Waals surface area contributed by atoms with Crippen LogP contribution in [-0.4, -0.2) is 44.0 Å². The maximum absolute atomic E-state index is 13.0. The van der Waals surface area contributed by atoms with Gasteiger partial charge in [0, 0.05) is 35.5 Å². The minimum Gasteiger partial charge on any atom is -0.493 e. The van der Waals surface area contributed by atoms with Gasteiger partial charge in [-0.25, -0.2) is 0 Å². The largest absolute Gasteiger partial charge is 0.493 e. The predicted molar refractivity (Wildman–Crippen MR) is 145 cm³/mol. The molecule has 0 saturated heterocycles. The summed E-state index contributed by atoms with van der Waals surface area (Å²) in [4.78, 5) is 27.6. The summed E-state index contributed by atoms with van der Waals surface area (Å²) >= 11 is 0. The standard InChI is InChI=1S/C30H35N3O4/c1-20(2)16-18-33-28(24-7-5-6-8-25(24)30(33)35)32-23-12-10-22(11-13-23)29(34)31-17-15-21-9-14-26(36-3)27(19-21)37-4/h5-14,19-20,28,32H,15-18H2,1-4H3,(H,31,34). The van der Waals surface area contributed by atoms with Gasteiger partial charge in [-0.05, 0) is 66.8 Å². The second-order valence-corrected chi connectivity index (χ2v) is 9.59. The van der Waals surface area contributed by atoms with E-state index >= 15 is 0 Å². The molecule has 0 aromatic heterocycles. The Bertz CT molecular complexity index is 1240. The summed E-state index contributed by atoms with van der Waals surface area (Å²) in [7, 11) is 3.21. The van der Waals surface area contributed by atoms with E-state index < -0.39 is 0 Å². The molecule has 7 heteroatoms. The van der Waals surface area contributed by atoms with Crippen LogP contribution in [0.2, 0.25) is 0 Å². The van der Waals surface area contributed by atoms with E-state index in [2.05, 4.69) is 24.5 Å². The fourth-order valence-electron chi connectivity index (χ4n) is 4.49. The van der Waals surface area contributed by atoms with Crippen LogP contribution in [-0.2, 0) is 6.42 Å². The molecule has 1 aliphatic rings. The van der Waals surface area contributed by atoms with Gasteiger partial charge < -0.3 is 25.0 Å². The molecule has 0 saturated carbocycles. The summed E-state index contributed by atoms with van der Waals surface area (Å²) in [6, 6.07) is 20.9. The van der Waals surface area contributed by atoms with E-state index in [9.17, 15) is 9.59 Å². The van der Waals surface area contributed by atoms with Crippen LogP contribution in [0.25, 0.3) is 0 Å². The minimum atomic E-state index is -0.233. The van der Waals surface area contributed by atoms with Gasteiger partial charge in [-0.1, -0.05) is 38.1 Å². The maximum atomic E-state index is 13.0. The first-order valence-corrected chi connectivity index (χ1v) is 12.7. The molecule has 37 heavy (non-hydrogen) atoms. The van der Waals surface area contributed by atoms with E-state index in [-0.39, 0.29) is 18.0 Å². The van der Waals surface area contributed by atoms with Gasteiger partial charge in [-0.2, -0.15) is 0 Å². The Labute approximate surface area is 218 Å². The molecule has 194 valence electrons. The van der Waals surface area contributed by atoms with Crippen LogP contribution in [0.1, 0.15) is 58.3 Å². The first-order valence-electron chi connectivity index (χ1n) is 12.7. The summed E-state index contributed by atoms with van der Waals surface area (Å²) < 4.78 is 10.6. The lowest BCUT2D eigenvalue weighted by Gasteiger charge is -2.28. The lowest BCUT2D eigenvalue weighted by Crippen LogP contribution is -2.33. The number of methoxy groups -OCH3 is 2. The summed E-state index contributed by atoms with van der Waals surface area (Å²) in [5, 5.41) is 6.48. The Hall–Kier alpha value is -4.00. The average Bonchev–Trinajstić information content (AvgIpc) is 3.18. The number of fused-ring (bicyclic) bond motifs is 1. The van der Waals surface area contributed by atoms with E-state index in [1.807, 2.05) is 59.5 Å². The van der Waals surface area contributed by atoms with Gasteiger partial charge in [0.05, 0.1) is 14.2 Å². The second-order valence-electron chi connectivity index (χ2n) is 9.59. The Morgan fingerprint density at radius 3 is 2.41 bits per heavy atom. The van der Waals surface area contributed by atoms with Gasteiger partial charge in [0.2, 0.25) is 0 Å².